The van der Waals surface area contributed by atoms with Crippen LogP contribution in [-0.4, -0.2) is 23.8 Å². The summed E-state index contributed by atoms with van der Waals surface area (Å²) in [7, 11) is 0. The predicted octanol–water partition coefficient (Wildman–Crippen LogP) is 5.52. The molecule has 0 radical (unpaired) electrons. The zero-order chi connectivity index (χ0) is 26.6. The number of aldehydes is 1. The van der Waals surface area contributed by atoms with Crippen molar-refractivity contribution in [1.29, 1.82) is 0 Å². The van der Waals surface area contributed by atoms with Crippen LogP contribution < -0.4 is 10.8 Å². The summed E-state index contributed by atoms with van der Waals surface area (Å²) in [5.74, 6) is -3.00. The Balaban J connectivity index is 1.45. The van der Waals surface area contributed by atoms with Gasteiger partial charge in [0.2, 0.25) is 5.91 Å². The Bertz CT molecular complexity index is 1490. The van der Waals surface area contributed by atoms with Gasteiger partial charge in [-0.25, -0.2) is 13.2 Å². The third-order valence-corrected chi connectivity index (χ3v) is 6.30. The molecule has 2 N–H and O–H groups in total. The molecule has 1 aliphatic heterocycles. The average Bonchev–Trinajstić information content (AvgIpc) is 3.21. The van der Waals surface area contributed by atoms with Gasteiger partial charge in [0.1, 0.15) is 23.7 Å². The third kappa shape index (κ3) is 5.49. The number of halogens is 3. The number of benzene rings is 3. The van der Waals surface area contributed by atoms with Gasteiger partial charge >= 0.3 is 0 Å². The number of aromatic nitrogens is 1. The van der Waals surface area contributed by atoms with E-state index in [1.54, 1.807) is 30.5 Å². The van der Waals surface area contributed by atoms with Crippen molar-refractivity contribution in [2.45, 2.75) is 18.4 Å². The predicted molar refractivity (Wildman–Crippen MR) is 135 cm³/mol. The van der Waals surface area contributed by atoms with Gasteiger partial charge in [-0.05, 0) is 65.6 Å². The molecular formula is C29H22F3N3O3. The molecule has 4 aromatic rings. The minimum absolute atomic E-state index is 0.0914. The first-order valence-electron chi connectivity index (χ1n) is 11.8. The number of nitrogens with one attached hydrogen (secondary N) is 2. The van der Waals surface area contributed by atoms with Crippen molar-refractivity contribution in [2.24, 2.45) is 0 Å². The van der Waals surface area contributed by atoms with Crippen molar-refractivity contribution in [2.75, 3.05) is 11.9 Å². The average molecular weight is 518 g/mol. The highest BCUT2D eigenvalue weighted by molar-refractivity contribution is 6.02. The van der Waals surface area contributed by atoms with Crippen LogP contribution in [0.1, 0.15) is 39.1 Å². The fourth-order valence-corrected chi connectivity index (χ4v) is 4.57. The maximum Gasteiger partial charge on any atom is 0.234 e. The lowest BCUT2D eigenvalue weighted by Gasteiger charge is -2.22. The smallest absolute Gasteiger partial charge is 0.234 e. The molecule has 0 spiro atoms. The van der Waals surface area contributed by atoms with Crippen molar-refractivity contribution < 1.29 is 27.6 Å². The number of nitrogens with zero attached hydrogens (tertiary/aromatic N) is 1. The molecular weight excluding hydrogens is 495 g/mol. The Morgan fingerprint density at radius 3 is 2.58 bits per heavy atom. The van der Waals surface area contributed by atoms with Crippen molar-refractivity contribution >= 4 is 17.9 Å². The van der Waals surface area contributed by atoms with Crippen LogP contribution in [-0.2, 0) is 16.1 Å². The van der Waals surface area contributed by atoms with Crippen LogP contribution in [0.4, 0.5) is 18.9 Å². The number of hydroxylamine groups is 1. The van der Waals surface area contributed by atoms with Crippen molar-refractivity contribution in [3.8, 4) is 11.1 Å². The molecule has 6 nitrogen and oxygen atoms in total. The minimum Gasteiger partial charge on any atom is -0.325 e. The van der Waals surface area contributed by atoms with Crippen LogP contribution in [0.25, 0.3) is 11.1 Å². The van der Waals surface area contributed by atoms with E-state index in [4.69, 9.17) is 4.84 Å². The van der Waals surface area contributed by atoms with Gasteiger partial charge in [-0.15, -0.1) is 0 Å². The monoisotopic (exact) mass is 517 g/mol. The van der Waals surface area contributed by atoms with Crippen LogP contribution >= 0.6 is 0 Å². The van der Waals surface area contributed by atoms with Gasteiger partial charge in [-0.1, -0.05) is 24.3 Å². The lowest BCUT2D eigenvalue weighted by atomic mass is 9.95. The summed E-state index contributed by atoms with van der Waals surface area (Å²) in [4.78, 5) is 34.1. The second-order valence-corrected chi connectivity index (χ2v) is 8.92. The van der Waals surface area contributed by atoms with Crippen LogP contribution in [0.3, 0.4) is 0 Å². The molecule has 0 saturated heterocycles. The maximum atomic E-state index is 14.0. The number of hydrogen-bond donors (Lipinski definition) is 2. The lowest BCUT2D eigenvalue weighted by Crippen LogP contribution is -2.29. The molecule has 38 heavy (non-hydrogen) atoms. The van der Waals surface area contributed by atoms with Gasteiger partial charge in [0.05, 0.1) is 24.3 Å². The van der Waals surface area contributed by atoms with E-state index < -0.39 is 29.4 Å². The Labute approximate surface area is 216 Å². The number of carbonyl (C=O) groups excluding carboxylic acids is 2. The molecule has 9 heteroatoms. The molecule has 2 unspecified atom stereocenters. The SMILES string of the molecule is O=Cc1cccc(-c2cccnc2C(Cc2cc(F)cc(F)c2)NOCC2C(=O)Nc3ccc(F)cc32)c1. The Morgan fingerprint density at radius 2 is 1.79 bits per heavy atom. The topological polar surface area (TPSA) is 80.3 Å². The van der Waals surface area contributed by atoms with Gasteiger partial charge in [0.15, 0.2) is 0 Å². The normalized spacial score (nSPS) is 15.1. The lowest BCUT2D eigenvalue weighted by molar-refractivity contribution is -0.119. The van der Waals surface area contributed by atoms with Crippen molar-refractivity contribution in [1.82, 2.24) is 10.5 Å². The van der Waals surface area contributed by atoms with E-state index in [0.29, 0.717) is 33.6 Å². The highest BCUT2D eigenvalue weighted by atomic mass is 19.1. The number of pyridine rings is 1. The molecule has 192 valence electrons. The standard InChI is InChI=1S/C29H22F3N3O3/c30-20-6-7-26-24(14-20)25(29(37)34-26)16-38-35-27(12-18-10-21(31)13-22(32)11-18)28-23(5-2-8-33-28)19-4-1-3-17(9-19)15-36/h1-11,13-15,25,27,35H,12,16H2,(H,34,37). The molecule has 1 amide bonds. The van der Waals surface area contributed by atoms with E-state index in [-0.39, 0.29) is 18.9 Å². The number of rotatable bonds is 9. The van der Waals surface area contributed by atoms with Crippen molar-refractivity contribution in [3.05, 3.63) is 119 Å². The highest BCUT2D eigenvalue weighted by Crippen LogP contribution is 2.34. The first-order chi connectivity index (χ1) is 18.4. The molecule has 2 heterocycles. The number of anilines is 1. The minimum atomic E-state index is -0.757. The zero-order valence-corrected chi connectivity index (χ0v) is 20.0. The summed E-state index contributed by atoms with van der Waals surface area (Å²) in [6.07, 6.45) is 2.40. The number of hydrogen-bond acceptors (Lipinski definition) is 5. The van der Waals surface area contributed by atoms with Crippen molar-refractivity contribution in [3.63, 3.8) is 0 Å². The molecule has 3 aromatic carbocycles. The Hall–Kier alpha value is -4.34. The molecule has 0 aliphatic carbocycles. The van der Waals surface area contributed by atoms with E-state index in [9.17, 15) is 22.8 Å². The summed E-state index contributed by atoms with van der Waals surface area (Å²) >= 11 is 0. The largest absolute Gasteiger partial charge is 0.325 e. The number of amides is 1. The van der Waals surface area contributed by atoms with Crippen LogP contribution in [0.5, 0.6) is 0 Å². The van der Waals surface area contributed by atoms with Gasteiger partial charge in [-0.3, -0.25) is 19.4 Å². The first kappa shape index (κ1) is 25.3. The van der Waals surface area contributed by atoms with E-state index >= 15 is 0 Å². The number of fused-ring (bicyclic) bond motifs is 1. The van der Waals surface area contributed by atoms with E-state index in [1.165, 1.54) is 30.3 Å². The highest BCUT2D eigenvalue weighted by Gasteiger charge is 2.31. The second-order valence-electron chi connectivity index (χ2n) is 8.92. The summed E-state index contributed by atoms with van der Waals surface area (Å²) < 4.78 is 41.7. The molecule has 1 aromatic heterocycles. The van der Waals surface area contributed by atoms with Gasteiger partial charge in [0, 0.05) is 29.1 Å². The van der Waals surface area contributed by atoms with Gasteiger partial charge in [-0.2, -0.15) is 5.48 Å². The number of carbonyl (C=O) groups is 2. The third-order valence-electron chi connectivity index (χ3n) is 6.30. The van der Waals surface area contributed by atoms with Crippen LogP contribution in [0.15, 0.2) is 79.0 Å². The molecule has 0 fully saturated rings. The zero-order valence-electron chi connectivity index (χ0n) is 20.0. The Morgan fingerprint density at radius 1 is 0.974 bits per heavy atom. The summed E-state index contributed by atoms with van der Waals surface area (Å²) in [6.45, 7) is -0.126. The summed E-state index contributed by atoms with van der Waals surface area (Å²) in [5, 5.41) is 2.70. The molecule has 0 saturated carbocycles. The molecule has 1 aliphatic rings. The van der Waals surface area contributed by atoms with E-state index in [1.807, 2.05) is 12.1 Å². The van der Waals surface area contributed by atoms with E-state index in [2.05, 4.69) is 15.8 Å². The Kier molecular flexibility index (Phi) is 7.30. The van der Waals surface area contributed by atoms with Gasteiger partial charge in [0.25, 0.3) is 0 Å². The fraction of sp³-hybridized carbons (Fsp3) is 0.138. The molecule has 5 rings (SSSR count). The maximum absolute atomic E-state index is 14.0. The quantitative estimate of drug-likeness (QED) is 0.226. The molecule has 0 bridgehead atoms. The summed E-state index contributed by atoms with van der Waals surface area (Å²) in [6, 6.07) is 17.1. The van der Waals surface area contributed by atoms with Crippen LogP contribution in [0.2, 0.25) is 0 Å². The van der Waals surface area contributed by atoms with Gasteiger partial charge < -0.3 is 5.32 Å². The fourth-order valence-electron chi connectivity index (χ4n) is 4.57. The van der Waals surface area contributed by atoms with Crippen LogP contribution in [0, 0.1) is 17.5 Å². The van der Waals surface area contributed by atoms with E-state index in [0.717, 1.165) is 17.9 Å². The molecule has 2 atom stereocenters. The first-order valence-corrected chi connectivity index (χ1v) is 11.8. The summed E-state index contributed by atoms with van der Waals surface area (Å²) in [5.41, 5.74) is 6.62. The second kappa shape index (κ2) is 11.0.